The predicted molar refractivity (Wildman–Crippen MR) is 115 cm³/mol. The minimum absolute atomic E-state index is 0.0197. The Balaban J connectivity index is 1.18. The molecule has 2 bridgehead atoms. The molecule has 9 nitrogen and oxygen atoms in total. The zero-order valence-corrected chi connectivity index (χ0v) is 18.6. The Morgan fingerprint density at radius 3 is 2.61 bits per heavy atom. The van der Waals surface area contributed by atoms with Crippen molar-refractivity contribution in [3.8, 4) is 11.3 Å². The molecular formula is C24H27N5O4. The third-order valence-corrected chi connectivity index (χ3v) is 8.11. The standard InChI is InChI=1S/C24H27N5O4/c1-13-7-18(33-27-13)17-9-25-12-26-22(17)16-3-2-6-28(10-16)19(30)11-29-23(31)20-14-4-5-15(8-14)21(20)24(29)32/h7,9,12,14-16,20-21H,2-6,8,10-11H2,1H3/t14-,15+,16-,20+,21+/m1/s1. The fourth-order valence-electron chi connectivity index (χ4n) is 6.63. The highest BCUT2D eigenvalue weighted by Gasteiger charge is 2.61. The number of amides is 3. The molecule has 9 heteroatoms. The first-order valence-electron chi connectivity index (χ1n) is 11.9. The Bertz CT molecular complexity index is 1100. The first kappa shape index (κ1) is 20.5. The summed E-state index contributed by atoms with van der Waals surface area (Å²) in [6.07, 6.45) is 8.00. The molecule has 2 saturated carbocycles. The molecule has 3 amide bonds. The average molecular weight is 450 g/mol. The Labute approximate surface area is 191 Å². The summed E-state index contributed by atoms with van der Waals surface area (Å²) in [6.45, 7) is 2.82. The average Bonchev–Trinajstić information content (AvgIpc) is 3.61. The van der Waals surface area contributed by atoms with Crippen molar-refractivity contribution in [2.24, 2.45) is 23.7 Å². The van der Waals surface area contributed by atoms with E-state index in [1.54, 1.807) is 11.1 Å². The maximum Gasteiger partial charge on any atom is 0.242 e. The normalized spacial score (nSPS) is 30.9. The SMILES string of the molecule is Cc1cc(-c2cncnc2[C@@H]2CCCN(C(=O)CN3C(=O)[C@H]4[C@@H]5CC[C@@H](C5)[C@@H]4C3=O)C2)on1. The number of aromatic nitrogens is 3. The largest absolute Gasteiger partial charge is 0.356 e. The number of aryl methyl sites for hydroxylation is 1. The first-order chi connectivity index (χ1) is 16.0. The van der Waals surface area contributed by atoms with Gasteiger partial charge >= 0.3 is 0 Å². The second-order valence-corrected chi connectivity index (χ2v) is 9.98. The fourth-order valence-corrected chi connectivity index (χ4v) is 6.63. The van der Waals surface area contributed by atoms with Gasteiger partial charge in [0.05, 0.1) is 28.8 Å². The molecule has 2 aliphatic carbocycles. The van der Waals surface area contributed by atoms with Gasteiger partial charge < -0.3 is 9.42 Å². The molecular weight excluding hydrogens is 422 g/mol. The molecule has 0 spiro atoms. The van der Waals surface area contributed by atoms with Gasteiger partial charge in [-0.3, -0.25) is 19.3 Å². The van der Waals surface area contributed by atoms with Crippen LogP contribution >= 0.6 is 0 Å². The van der Waals surface area contributed by atoms with E-state index in [-0.39, 0.29) is 42.0 Å². The van der Waals surface area contributed by atoms with Crippen molar-refractivity contribution >= 4 is 17.7 Å². The van der Waals surface area contributed by atoms with Crippen molar-refractivity contribution < 1.29 is 18.9 Å². The van der Waals surface area contributed by atoms with E-state index in [1.807, 2.05) is 13.0 Å². The van der Waals surface area contributed by atoms with Crippen molar-refractivity contribution in [1.82, 2.24) is 24.9 Å². The highest BCUT2D eigenvalue weighted by atomic mass is 16.5. The van der Waals surface area contributed by atoms with Crippen LogP contribution in [0.4, 0.5) is 0 Å². The quantitative estimate of drug-likeness (QED) is 0.658. The van der Waals surface area contributed by atoms with Crippen LogP contribution in [0.3, 0.4) is 0 Å². The smallest absolute Gasteiger partial charge is 0.242 e. The summed E-state index contributed by atoms with van der Waals surface area (Å²) in [7, 11) is 0. The lowest BCUT2D eigenvalue weighted by atomic mass is 9.81. The minimum atomic E-state index is -0.188. The number of hydrogen-bond donors (Lipinski definition) is 0. The van der Waals surface area contributed by atoms with Crippen LogP contribution in [-0.4, -0.2) is 62.3 Å². The van der Waals surface area contributed by atoms with E-state index >= 15 is 0 Å². The number of hydrogen-bond acceptors (Lipinski definition) is 7. The lowest BCUT2D eigenvalue weighted by Crippen LogP contribution is -2.46. The molecule has 4 fully saturated rings. The second-order valence-electron chi connectivity index (χ2n) is 9.98. The van der Waals surface area contributed by atoms with Crippen LogP contribution < -0.4 is 0 Å². The van der Waals surface area contributed by atoms with E-state index < -0.39 is 0 Å². The topological polar surface area (TPSA) is 110 Å². The van der Waals surface area contributed by atoms with Crippen LogP contribution in [0, 0.1) is 30.6 Å². The molecule has 2 aromatic heterocycles. The molecule has 0 radical (unpaired) electrons. The predicted octanol–water partition coefficient (Wildman–Crippen LogP) is 2.18. The number of fused-ring (bicyclic) bond motifs is 5. The van der Waals surface area contributed by atoms with Crippen LogP contribution in [0.5, 0.6) is 0 Å². The van der Waals surface area contributed by atoms with Crippen molar-refractivity contribution in [2.75, 3.05) is 19.6 Å². The molecule has 2 aliphatic heterocycles. The molecule has 0 N–H and O–H groups in total. The summed E-state index contributed by atoms with van der Waals surface area (Å²) in [5.74, 6) is 0.487. The third-order valence-electron chi connectivity index (χ3n) is 8.11. The third kappa shape index (κ3) is 3.28. The maximum atomic E-state index is 13.2. The highest BCUT2D eigenvalue weighted by molar-refractivity contribution is 6.08. The number of nitrogens with zero attached hydrogens (tertiary/aromatic N) is 5. The van der Waals surface area contributed by atoms with Gasteiger partial charge in [0.25, 0.3) is 0 Å². The van der Waals surface area contributed by atoms with Crippen LogP contribution in [0.25, 0.3) is 11.3 Å². The van der Waals surface area contributed by atoms with Crippen LogP contribution in [0.15, 0.2) is 23.1 Å². The van der Waals surface area contributed by atoms with Gasteiger partial charge in [0.1, 0.15) is 12.9 Å². The molecule has 4 aliphatic rings. The van der Waals surface area contributed by atoms with E-state index in [9.17, 15) is 14.4 Å². The molecule has 172 valence electrons. The van der Waals surface area contributed by atoms with Gasteiger partial charge in [0.15, 0.2) is 5.76 Å². The number of carbonyl (C=O) groups excluding carboxylic acids is 3. The maximum absolute atomic E-state index is 13.2. The Kier molecular flexibility index (Phi) is 4.81. The summed E-state index contributed by atoms with van der Waals surface area (Å²) < 4.78 is 5.43. The van der Waals surface area contributed by atoms with E-state index in [1.165, 1.54) is 11.2 Å². The molecule has 2 aromatic rings. The van der Waals surface area contributed by atoms with Crippen molar-refractivity contribution in [3.05, 3.63) is 30.0 Å². The fraction of sp³-hybridized carbons (Fsp3) is 0.583. The molecule has 6 rings (SSSR count). The van der Waals surface area contributed by atoms with Gasteiger partial charge in [-0.15, -0.1) is 0 Å². The van der Waals surface area contributed by atoms with Gasteiger partial charge in [-0.1, -0.05) is 5.16 Å². The van der Waals surface area contributed by atoms with Crippen LogP contribution in [0.2, 0.25) is 0 Å². The Morgan fingerprint density at radius 2 is 1.91 bits per heavy atom. The minimum Gasteiger partial charge on any atom is -0.356 e. The Hall–Kier alpha value is -3.10. The number of likely N-dealkylation sites (tertiary alicyclic amines) is 2. The molecule has 0 aromatic carbocycles. The summed E-state index contributed by atoms with van der Waals surface area (Å²) in [5, 5.41) is 3.97. The molecule has 33 heavy (non-hydrogen) atoms. The van der Waals surface area contributed by atoms with Crippen molar-refractivity contribution in [1.29, 1.82) is 0 Å². The molecule has 0 unspecified atom stereocenters. The zero-order valence-electron chi connectivity index (χ0n) is 18.6. The summed E-state index contributed by atoms with van der Waals surface area (Å²) in [5.41, 5.74) is 2.39. The van der Waals surface area contributed by atoms with Crippen LogP contribution in [-0.2, 0) is 14.4 Å². The van der Waals surface area contributed by atoms with Gasteiger partial charge in [-0.05, 0) is 50.9 Å². The van der Waals surface area contributed by atoms with Crippen molar-refractivity contribution in [3.63, 3.8) is 0 Å². The second kappa shape index (κ2) is 7.74. The van der Waals surface area contributed by atoms with Gasteiger partial charge in [0.2, 0.25) is 17.7 Å². The molecule has 2 saturated heterocycles. The summed E-state index contributed by atoms with van der Waals surface area (Å²) in [4.78, 5) is 50.9. The summed E-state index contributed by atoms with van der Waals surface area (Å²) >= 11 is 0. The Morgan fingerprint density at radius 1 is 1.15 bits per heavy atom. The first-order valence-corrected chi connectivity index (χ1v) is 11.9. The summed E-state index contributed by atoms with van der Waals surface area (Å²) in [6, 6.07) is 1.85. The number of piperidine rings is 1. The number of carbonyl (C=O) groups is 3. The molecule has 4 heterocycles. The number of imide groups is 1. The zero-order chi connectivity index (χ0) is 22.7. The van der Waals surface area contributed by atoms with E-state index in [4.69, 9.17) is 4.52 Å². The van der Waals surface area contributed by atoms with Gasteiger partial charge in [0, 0.05) is 31.3 Å². The van der Waals surface area contributed by atoms with Gasteiger partial charge in [-0.25, -0.2) is 9.97 Å². The lowest BCUT2D eigenvalue weighted by molar-refractivity contribution is -0.147. The van der Waals surface area contributed by atoms with E-state index in [2.05, 4.69) is 15.1 Å². The lowest BCUT2D eigenvalue weighted by Gasteiger charge is -2.34. The van der Waals surface area contributed by atoms with E-state index in [0.717, 1.165) is 49.1 Å². The van der Waals surface area contributed by atoms with E-state index in [0.29, 0.717) is 30.7 Å². The van der Waals surface area contributed by atoms with Crippen molar-refractivity contribution in [2.45, 2.75) is 44.9 Å². The van der Waals surface area contributed by atoms with Crippen LogP contribution in [0.1, 0.15) is 49.4 Å². The molecule has 5 atom stereocenters. The number of rotatable bonds is 4. The monoisotopic (exact) mass is 449 g/mol. The van der Waals surface area contributed by atoms with Gasteiger partial charge in [-0.2, -0.15) is 0 Å². The highest BCUT2D eigenvalue weighted by Crippen LogP contribution is 2.56.